The van der Waals surface area contributed by atoms with Crippen molar-refractivity contribution in [3.8, 4) is 0 Å². The lowest BCUT2D eigenvalue weighted by Gasteiger charge is -2.11. The van der Waals surface area contributed by atoms with Crippen molar-refractivity contribution >= 4 is 9.84 Å². The summed E-state index contributed by atoms with van der Waals surface area (Å²) in [4.78, 5) is 0. The van der Waals surface area contributed by atoms with Crippen molar-refractivity contribution in [2.45, 2.75) is 26.4 Å². The van der Waals surface area contributed by atoms with Gasteiger partial charge in [0.2, 0.25) is 0 Å². The molecule has 1 rings (SSSR count). The molecule has 1 atom stereocenters. The molecule has 4 nitrogen and oxygen atoms in total. The van der Waals surface area contributed by atoms with E-state index in [4.69, 9.17) is 4.42 Å². The maximum atomic E-state index is 11.0. The van der Waals surface area contributed by atoms with Gasteiger partial charge in [-0.2, -0.15) is 0 Å². The number of nitrogens with one attached hydrogen (secondary N) is 1. The summed E-state index contributed by atoms with van der Waals surface area (Å²) >= 11 is 0. The predicted molar refractivity (Wildman–Crippen MR) is 59.5 cm³/mol. The van der Waals surface area contributed by atoms with E-state index in [2.05, 4.69) is 5.32 Å². The van der Waals surface area contributed by atoms with E-state index < -0.39 is 9.84 Å². The minimum atomic E-state index is -2.92. The molecule has 1 N–H and O–H groups in total. The summed E-state index contributed by atoms with van der Waals surface area (Å²) in [6.45, 7) is 4.37. The Morgan fingerprint density at radius 2 is 2.20 bits per heavy atom. The lowest BCUT2D eigenvalue weighted by Crippen LogP contribution is -2.32. The first-order valence-corrected chi connectivity index (χ1v) is 6.88. The summed E-state index contributed by atoms with van der Waals surface area (Å²) in [6.07, 6.45) is 2.87. The van der Waals surface area contributed by atoms with Gasteiger partial charge < -0.3 is 9.73 Å². The van der Waals surface area contributed by atoms with Crippen LogP contribution in [0, 0.1) is 6.92 Å². The van der Waals surface area contributed by atoms with Gasteiger partial charge in [-0.1, -0.05) is 0 Å². The lowest BCUT2D eigenvalue weighted by molar-refractivity contribution is 0.461. The molecule has 0 amide bonds. The fraction of sp³-hybridized carbons (Fsp3) is 0.600. The van der Waals surface area contributed by atoms with Gasteiger partial charge in [0.25, 0.3) is 0 Å². The molecule has 0 aliphatic heterocycles. The molecule has 15 heavy (non-hydrogen) atoms. The molecule has 0 radical (unpaired) electrons. The monoisotopic (exact) mass is 231 g/mol. The third kappa shape index (κ3) is 4.48. The Hall–Kier alpha value is -0.810. The summed E-state index contributed by atoms with van der Waals surface area (Å²) in [5.74, 6) is 1.00. The van der Waals surface area contributed by atoms with Crippen LogP contribution in [0.15, 0.2) is 16.7 Å². The van der Waals surface area contributed by atoms with Gasteiger partial charge in [-0.25, -0.2) is 8.42 Å². The molecule has 86 valence electrons. The third-order valence-corrected chi connectivity index (χ3v) is 3.24. The molecule has 0 bridgehead atoms. The SMILES string of the molecule is Cc1ccoc1CNC(C)CS(C)(=O)=O. The normalized spacial score (nSPS) is 14.1. The Morgan fingerprint density at radius 3 is 2.67 bits per heavy atom. The zero-order valence-electron chi connectivity index (χ0n) is 9.28. The van der Waals surface area contributed by atoms with Crippen molar-refractivity contribution in [2.24, 2.45) is 0 Å². The molecule has 5 heteroatoms. The molecule has 0 saturated heterocycles. The average Bonchev–Trinajstić information content (AvgIpc) is 2.44. The van der Waals surface area contributed by atoms with Crippen molar-refractivity contribution in [3.05, 3.63) is 23.7 Å². The van der Waals surface area contributed by atoms with Crippen molar-refractivity contribution < 1.29 is 12.8 Å². The van der Waals surface area contributed by atoms with Gasteiger partial charge in [-0.3, -0.25) is 0 Å². The van der Waals surface area contributed by atoms with Crippen LogP contribution in [0.2, 0.25) is 0 Å². The Labute approximate surface area is 90.6 Å². The number of sulfone groups is 1. The van der Waals surface area contributed by atoms with E-state index in [1.807, 2.05) is 19.9 Å². The van der Waals surface area contributed by atoms with E-state index in [0.29, 0.717) is 6.54 Å². The van der Waals surface area contributed by atoms with Crippen LogP contribution in [-0.2, 0) is 16.4 Å². The predicted octanol–water partition coefficient (Wildman–Crippen LogP) is 1.11. The standard InChI is InChI=1S/C10H17NO3S/c1-8-4-5-14-10(8)6-11-9(2)7-15(3,12)13/h4-5,9,11H,6-7H2,1-3H3. The summed E-state index contributed by atoms with van der Waals surface area (Å²) in [6, 6.07) is 1.82. The smallest absolute Gasteiger partial charge is 0.148 e. The molecular formula is C10H17NO3S. The Bertz CT molecular complexity index is 408. The molecule has 1 aromatic rings. The van der Waals surface area contributed by atoms with Gasteiger partial charge in [0.1, 0.15) is 15.6 Å². The van der Waals surface area contributed by atoms with Crippen LogP contribution in [0.1, 0.15) is 18.2 Å². The fourth-order valence-electron chi connectivity index (χ4n) is 1.37. The van der Waals surface area contributed by atoms with E-state index in [-0.39, 0.29) is 11.8 Å². The van der Waals surface area contributed by atoms with Gasteiger partial charge in [0, 0.05) is 12.3 Å². The number of hydrogen-bond acceptors (Lipinski definition) is 4. The van der Waals surface area contributed by atoms with Crippen LogP contribution in [0.25, 0.3) is 0 Å². The topological polar surface area (TPSA) is 59.3 Å². The van der Waals surface area contributed by atoms with Crippen LogP contribution >= 0.6 is 0 Å². The minimum Gasteiger partial charge on any atom is -0.468 e. The molecule has 0 aromatic carbocycles. The maximum absolute atomic E-state index is 11.0. The summed E-state index contributed by atoms with van der Waals surface area (Å²) in [5.41, 5.74) is 1.08. The number of aryl methyl sites for hydroxylation is 1. The summed E-state index contributed by atoms with van der Waals surface area (Å²) in [5, 5.41) is 3.11. The highest BCUT2D eigenvalue weighted by atomic mass is 32.2. The van der Waals surface area contributed by atoms with Crippen molar-refractivity contribution in [2.75, 3.05) is 12.0 Å². The maximum Gasteiger partial charge on any atom is 0.148 e. The van der Waals surface area contributed by atoms with E-state index in [1.165, 1.54) is 6.26 Å². The molecule has 1 unspecified atom stereocenters. The first kappa shape index (κ1) is 12.3. The first-order chi connectivity index (χ1) is 6.88. The molecule has 0 aliphatic rings. The second-order valence-corrected chi connectivity index (χ2v) is 6.09. The van der Waals surface area contributed by atoms with Crippen molar-refractivity contribution in [1.29, 1.82) is 0 Å². The Kier molecular flexibility index (Phi) is 3.93. The highest BCUT2D eigenvalue weighted by Crippen LogP contribution is 2.08. The molecule has 0 fully saturated rings. The van der Waals surface area contributed by atoms with Crippen LogP contribution in [-0.4, -0.2) is 26.5 Å². The molecule has 0 spiro atoms. The van der Waals surface area contributed by atoms with Crippen molar-refractivity contribution in [1.82, 2.24) is 5.32 Å². The van der Waals surface area contributed by atoms with Gasteiger partial charge in [-0.15, -0.1) is 0 Å². The van der Waals surface area contributed by atoms with Gasteiger partial charge in [-0.05, 0) is 25.5 Å². The highest BCUT2D eigenvalue weighted by Gasteiger charge is 2.10. The zero-order valence-corrected chi connectivity index (χ0v) is 10.1. The molecule has 0 saturated carbocycles. The van der Waals surface area contributed by atoms with E-state index in [9.17, 15) is 8.42 Å². The van der Waals surface area contributed by atoms with Gasteiger partial charge in [0.05, 0.1) is 18.6 Å². The third-order valence-electron chi connectivity index (χ3n) is 2.13. The van der Waals surface area contributed by atoms with Crippen LogP contribution in [0.5, 0.6) is 0 Å². The highest BCUT2D eigenvalue weighted by molar-refractivity contribution is 7.90. The van der Waals surface area contributed by atoms with E-state index in [1.54, 1.807) is 6.26 Å². The molecule has 0 aliphatic carbocycles. The zero-order chi connectivity index (χ0) is 11.5. The molecule has 1 aromatic heterocycles. The van der Waals surface area contributed by atoms with Crippen LogP contribution in [0.4, 0.5) is 0 Å². The number of rotatable bonds is 5. The second-order valence-electron chi connectivity index (χ2n) is 3.90. The first-order valence-electron chi connectivity index (χ1n) is 4.82. The second kappa shape index (κ2) is 4.81. The summed E-state index contributed by atoms with van der Waals surface area (Å²) < 4.78 is 27.2. The van der Waals surface area contributed by atoms with Crippen LogP contribution < -0.4 is 5.32 Å². The van der Waals surface area contributed by atoms with Crippen LogP contribution in [0.3, 0.4) is 0 Å². The van der Waals surface area contributed by atoms with E-state index in [0.717, 1.165) is 11.3 Å². The number of furan rings is 1. The van der Waals surface area contributed by atoms with Gasteiger partial charge in [0.15, 0.2) is 0 Å². The quantitative estimate of drug-likeness (QED) is 0.824. The Morgan fingerprint density at radius 1 is 1.53 bits per heavy atom. The molecule has 1 heterocycles. The minimum absolute atomic E-state index is 0.0653. The summed E-state index contributed by atoms with van der Waals surface area (Å²) in [7, 11) is -2.92. The van der Waals surface area contributed by atoms with Gasteiger partial charge >= 0.3 is 0 Å². The van der Waals surface area contributed by atoms with E-state index >= 15 is 0 Å². The van der Waals surface area contributed by atoms with Crippen molar-refractivity contribution in [3.63, 3.8) is 0 Å². The Balaban J connectivity index is 2.41. The lowest BCUT2D eigenvalue weighted by atomic mass is 10.2. The average molecular weight is 231 g/mol. The molecular weight excluding hydrogens is 214 g/mol. The largest absolute Gasteiger partial charge is 0.468 e. The number of hydrogen-bond donors (Lipinski definition) is 1. The fourth-order valence-corrected chi connectivity index (χ4v) is 2.39.